The van der Waals surface area contributed by atoms with Gasteiger partial charge in [-0.1, -0.05) is 12.1 Å². The van der Waals surface area contributed by atoms with Crippen LogP contribution in [0.25, 0.3) is 11.1 Å². The molecule has 0 spiro atoms. The monoisotopic (exact) mass is 353 g/mol. The van der Waals surface area contributed by atoms with Crippen molar-refractivity contribution in [1.29, 1.82) is 0 Å². The molecule has 2 aliphatic rings. The van der Waals surface area contributed by atoms with Gasteiger partial charge in [-0.3, -0.25) is 24.4 Å². The summed E-state index contributed by atoms with van der Waals surface area (Å²) in [7, 11) is 0. The summed E-state index contributed by atoms with van der Waals surface area (Å²) < 4.78 is 1.77. The Hall–Kier alpha value is -3.00. The van der Waals surface area contributed by atoms with Crippen LogP contribution in [-0.4, -0.2) is 45.0 Å². The number of carbonyl (C=O) groups excluding carboxylic acids is 3. The maximum Gasteiger partial charge on any atom is 0.255 e. The second kappa shape index (κ2) is 6.38. The van der Waals surface area contributed by atoms with E-state index in [-0.39, 0.29) is 18.2 Å². The van der Waals surface area contributed by atoms with Gasteiger partial charge in [-0.05, 0) is 23.6 Å². The molecule has 0 aliphatic carbocycles. The lowest BCUT2D eigenvalue weighted by Gasteiger charge is -2.29. The number of nitrogens with two attached hydrogens (primary N) is 1. The van der Waals surface area contributed by atoms with Crippen molar-refractivity contribution in [3.63, 3.8) is 0 Å². The van der Waals surface area contributed by atoms with Crippen LogP contribution in [-0.2, 0) is 22.7 Å². The molecule has 2 aromatic rings. The lowest BCUT2D eigenvalue weighted by atomic mass is 9.99. The molecule has 8 heteroatoms. The Morgan fingerprint density at radius 1 is 1.23 bits per heavy atom. The zero-order valence-electron chi connectivity index (χ0n) is 14.1. The first-order chi connectivity index (χ1) is 12.6. The Labute approximate surface area is 150 Å². The average Bonchev–Trinajstić information content (AvgIpc) is 3.21. The second-order valence-electron chi connectivity index (χ2n) is 6.51. The molecule has 1 aromatic carbocycles. The van der Waals surface area contributed by atoms with Crippen molar-refractivity contribution in [3.8, 4) is 11.1 Å². The number of piperidine rings is 1. The lowest BCUT2D eigenvalue weighted by Crippen LogP contribution is -2.52. The Balaban J connectivity index is 1.66. The third-order valence-corrected chi connectivity index (χ3v) is 4.88. The molecule has 0 bridgehead atoms. The molecule has 2 aliphatic heterocycles. The van der Waals surface area contributed by atoms with E-state index in [1.54, 1.807) is 21.8 Å². The summed E-state index contributed by atoms with van der Waals surface area (Å²) in [4.78, 5) is 37.9. The van der Waals surface area contributed by atoms with Crippen LogP contribution in [0, 0.1) is 0 Å². The van der Waals surface area contributed by atoms with E-state index in [1.807, 2.05) is 18.3 Å². The Bertz CT molecular complexity index is 904. The number of amides is 3. The number of fused-ring (bicyclic) bond motifs is 1. The molecule has 134 valence electrons. The first kappa shape index (κ1) is 16.5. The fraction of sp³-hybridized carbons (Fsp3) is 0.333. The number of aromatic nitrogens is 2. The van der Waals surface area contributed by atoms with E-state index >= 15 is 0 Å². The normalized spacial score (nSPS) is 19.7. The SMILES string of the molecule is NCCn1cc(-c2cccc3c2CN(C2CCC(=O)NC2=O)C3=O)cn1. The van der Waals surface area contributed by atoms with Gasteiger partial charge in [0.05, 0.1) is 12.7 Å². The van der Waals surface area contributed by atoms with Crippen molar-refractivity contribution in [1.82, 2.24) is 20.0 Å². The smallest absolute Gasteiger partial charge is 0.255 e. The van der Waals surface area contributed by atoms with Crippen molar-refractivity contribution >= 4 is 17.7 Å². The standard InChI is InChI=1S/C18H19N5O3/c19-6-7-22-9-11(8-20-22)12-2-1-3-13-14(12)10-23(18(13)26)15-4-5-16(24)21-17(15)25/h1-3,8-9,15H,4-7,10,19H2,(H,21,24,25). The van der Waals surface area contributed by atoms with Crippen LogP contribution in [0.3, 0.4) is 0 Å². The van der Waals surface area contributed by atoms with Crippen LogP contribution in [0.4, 0.5) is 0 Å². The maximum absolute atomic E-state index is 12.8. The highest BCUT2D eigenvalue weighted by molar-refractivity contribution is 6.06. The van der Waals surface area contributed by atoms with Gasteiger partial charge in [0.25, 0.3) is 5.91 Å². The van der Waals surface area contributed by atoms with Gasteiger partial charge in [-0.25, -0.2) is 0 Å². The molecule has 3 N–H and O–H groups in total. The van der Waals surface area contributed by atoms with Crippen LogP contribution in [0.5, 0.6) is 0 Å². The van der Waals surface area contributed by atoms with Crippen LogP contribution < -0.4 is 11.1 Å². The molecule has 0 saturated carbocycles. The molecular weight excluding hydrogens is 334 g/mol. The highest BCUT2D eigenvalue weighted by Crippen LogP contribution is 2.34. The average molecular weight is 353 g/mol. The highest BCUT2D eigenvalue weighted by Gasteiger charge is 2.39. The predicted octanol–water partition coefficient (Wildman–Crippen LogP) is 0.270. The van der Waals surface area contributed by atoms with Gasteiger partial charge in [0.1, 0.15) is 6.04 Å². The van der Waals surface area contributed by atoms with Gasteiger partial charge in [-0.2, -0.15) is 5.10 Å². The van der Waals surface area contributed by atoms with Crippen molar-refractivity contribution in [2.45, 2.75) is 32.0 Å². The van der Waals surface area contributed by atoms with Crippen LogP contribution >= 0.6 is 0 Å². The molecule has 3 amide bonds. The quantitative estimate of drug-likeness (QED) is 0.767. The van der Waals surface area contributed by atoms with Crippen LogP contribution in [0.1, 0.15) is 28.8 Å². The van der Waals surface area contributed by atoms with Crippen molar-refractivity contribution in [3.05, 3.63) is 41.7 Å². The van der Waals surface area contributed by atoms with Gasteiger partial charge in [0.15, 0.2) is 0 Å². The number of imide groups is 1. The molecule has 3 heterocycles. The minimum atomic E-state index is -0.611. The summed E-state index contributed by atoms with van der Waals surface area (Å²) in [6, 6.07) is 4.95. The van der Waals surface area contributed by atoms with E-state index in [0.717, 1.165) is 16.7 Å². The summed E-state index contributed by atoms with van der Waals surface area (Å²) in [5.41, 5.74) is 8.88. The third-order valence-electron chi connectivity index (χ3n) is 4.88. The maximum atomic E-state index is 12.8. The molecule has 1 fully saturated rings. The number of carbonyl (C=O) groups is 3. The number of nitrogens with zero attached hydrogens (tertiary/aromatic N) is 3. The van der Waals surface area contributed by atoms with Gasteiger partial charge < -0.3 is 10.6 Å². The molecule has 0 radical (unpaired) electrons. The first-order valence-corrected chi connectivity index (χ1v) is 8.58. The molecule has 4 rings (SSSR count). The van der Waals surface area contributed by atoms with E-state index in [1.165, 1.54) is 0 Å². The number of rotatable bonds is 4. The third kappa shape index (κ3) is 2.68. The second-order valence-corrected chi connectivity index (χ2v) is 6.51. The topological polar surface area (TPSA) is 110 Å². The van der Waals surface area contributed by atoms with E-state index < -0.39 is 11.9 Å². The highest BCUT2D eigenvalue weighted by atomic mass is 16.2. The van der Waals surface area contributed by atoms with Gasteiger partial charge in [0, 0.05) is 36.8 Å². The minimum absolute atomic E-state index is 0.175. The van der Waals surface area contributed by atoms with Crippen LogP contribution in [0.15, 0.2) is 30.6 Å². The van der Waals surface area contributed by atoms with Crippen molar-refractivity contribution in [2.24, 2.45) is 5.73 Å². The fourth-order valence-electron chi connectivity index (χ4n) is 3.61. The fourth-order valence-corrected chi connectivity index (χ4v) is 3.61. The Morgan fingerprint density at radius 3 is 2.81 bits per heavy atom. The Kier molecular flexibility index (Phi) is 4.04. The van der Waals surface area contributed by atoms with Crippen molar-refractivity contribution < 1.29 is 14.4 Å². The van der Waals surface area contributed by atoms with Gasteiger partial charge in [-0.15, -0.1) is 0 Å². The summed E-state index contributed by atoms with van der Waals surface area (Å²) in [5, 5.41) is 6.61. The van der Waals surface area contributed by atoms with Crippen LogP contribution in [0.2, 0.25) is 0 Å². The minimum Gasteiger partial charge on any atom is -0.329 e. The van der Waals surface area contributed by atoms with Gasteiger partial charge in [0.2, 0.25) is 11.8 Å². The van der Waals surface area contributed by atoms with E-state index in [9.17, 15) is 14.4 Å². The number of nitrogens with one attached hydrogen (secondary N) is 1. The number of hydrogen-bond donors (Lipinski definition) is 2. The molecule has 1 atom stereocenters. The zero-order valence-corrected chi connectivity index (χ0v) is 14.1. The molecule has 1 saturated heterocycles. The Morgan fingerprint density at radius 2 is 2.04 bits per heavy atom. The van der Waals surface area contributed by atoms with E-state index in [0.29, 0.717) is 31.6 Å². The molecule has 1 unspecified atom stereocenters. The molecule has 26 heavy (non-hydrogen) atoms. The summed E-state index contributed by atoms with van der Waals surface area (Å²) in [5.74, 6) is -0.867. The molecule has 1 aromatic heterocycles. The zero-order chi connectivity index (χ0) is 18.3. The van der Waals surface area contributed by atoms with Gasteiger partial charge >= 0.3 is 0 Å². The summed E-state index contributed by atoms with van der Waals surface area (Å²) in [6.07, 6.45) is 4.26. The van der Waals surface area contributed by atoms with E-state index in [2.05, 4.69) is 10.4 Å². The number of benzene rings is 1. The number of hydrogen-bond acceptors (Lipinski definition) is 5. The van der Waals surface area contributed by atoms with Crippen molar-refractivity contribution in [2.75, 3.05) is 6.54 Å². The van der Waals surface area contributed by atoms with E-state index in [4.69, 9.17) is 5.73 Å². The predicted molar refractivity (Wildman–Crippen MR) is 92.8 cm³/mol. The first-order valence-electron chi connectivity index (χ1n) is 8.58. The molecule has 8 nitrogen and oxygen atoms in total. The summed E-state index contributed by atoms with van der Waals surface area (Å²) in [6.45, 7) is 1.46. The lowest BCUT2D eigenvalue weighted by molar-refractivity contribution is -0.136. The summed E-state index contributed by atoms with van der Waals surface area (Å²) >= 11 is 0. The molecular formula is C18H19N5O3. The largest absolute Gasteiger partial charge is 0.329 e.